The molecule has 21 heavy (non-hydrogen) atoms. The Labute approximate surface area is 126 Å². The molecule has 1 N–H and O–H groups in total. The van der Waals surface area contributed by atoms with Crippen molar-refractivity contribution in [2.45, 2.75) is 51.1 Å². The van der Waals surface area contributed by atoms with E-state index in [-0.39, 0.29) is 11.6 Å². The molecular weight excluding hydrogens is 270 g/mol. The molecule has 1 saturated heterocycles. The van der Waals surface area contributed by atoms with Crippen LogP contribution in [0.15, 0.2) is 18.2 Å². The highest BCUT2D eigenvalue weighted by atomic mass is 19.1. The summed E-state index contributed by atoms with van der Waals surface area (Å²) in [5.74, 6) is -0.981. The number of rotatable bonds is 6. The fourth-order valence-electron chi connectivity index (χ4n) is 3.90. The second kappa shape index (κ2) is 6.84. The molecule has 1 heterocycles. The molecule has 0 spiro atoms. The minimum Gasteiger partial charge on any atom is -0.311 e. The van der Waals surface area contributed by atoms with Gasteiger partial charge in [-0.15, -0.1) is 0 Å². The maximum Gasteiger partial charge on any atom is 0.130 e. The quantitative estimate of drug-likeness (QED) is 0.857. The lowest BCUT2D eigenvalue weighted by Crippen LogP contribution is -2.54. The van der Waals surface area contributed by atoms with E-state index in [0.717, 1.165) is 32.0 Å². The minimum atomic E-state index is -0.522. The third-order valence-corrected chi connectivity index (χ3v) is 5.06. The molecule has 0 radical (unpaired) electrons. The van der Waals surface area contributed by atoms with Gasteiger partial charge in [0.2, 0.25) is 0 Å². The van der Waals surface area contributed by atoms with Gasteiger partial charge in [0, 0.05) is 17.2 Å². The number of hydrogen-bond acceptors (Lipinski definition) is 2. The van der Waals surface area contributed by atoms with Crippen molar-refractivity contribution in [2.24, 2.45) is 0 Å². The van der Waals surface area contributed by atoms with E-state index < -0.39 is 11.6 Å². The van der Waals surface area contributed by atoms with Crippen LogP contribution in [0.1, 0.15) is 51.1 Å². The van der Waals surface area contributed by atoms with Crippen molar-refractivity contribution in [2.75, 3.05) is 20.1 Å². The van der Waals surface area contributed by atoms with Crippen LogP contribution in [0.25, 0.3) is 0 Å². The molecule has 1 aromatic rings. The van der Waals surface area contributed by atoms with E-state index in [9.17, 15) is 8.78 Å². The third kappa shape index (κ3) is 2.97. The van der Waals surface area contributed by atoms with Crippen molar-refractivity contribution in [3.63, 3.8) is 0 Å². The number of hydrogen-bond donors (Lipinski definition) is 1. The van der Waals surface area contributed by atoms with E-state index in [4.69, 9.17) is 0 Å². The number of nitrogens with one attached hydrogen (secondary N) is 1. The van der Waals surface area contributed by atoms with Gasteiger partial charge in [0.25, 0.3) is 0 Å². The van der Waals surface area contributed by atoms with Crippen LogP contribution >= 0.6 is 0 Å². The lowest BCUT2D eigenvalue weighted by Gasteiger charge is -2.47. The molecule has 0 saturated carbocycles. The zero-order valence-electron chi connectivity index (χ0n) is 13.3. The second-order valence-corrected chi connectivity index (χ2v) is 5.89. The van der Waals surface area contributed by atoms with Crippen LogP contribution in [0, 0.1) is 11.6 Å². The van der Waals surface area contributed by atoms with Gasteiger partial charge in [-0.3, -0.25) is 4.90 Å². The van der Waals surface area contributed by atoms with Gasteiger partial charge in [0.1, 0.15) is 11.6 Å². The van der Waals surface area contributed by atoms with Crippen molar-refractivity contribution in [3.8, 4) is 0 Å². The molecular formula is C17H26F2N2. The number of nitrogens with zero attached hydrogens (tertiary/aromatic N) is 1. The fraction of sp³-hybridized carbons (Fsp3) is 0.647. The zero-order chi connectivity index (χ0) is 15.5. The van der Waals surface area contributed by atoms with Gasteiger partial charge in [0.05, 0.1) is 6.04 Å². The predicted octanol–water partition coefficient (Wildman–Crippen LogP) is 3.88. The monoisotopic (exact) mass is 296 g/mol. The normalized spacial score (nSPS) is 18.1. The average molecular weight is 296 g/mol. The van der Waals surface area contributed by atoms with Gasteiger partial charge in [-0.25, -0.2) is 8.78 Å². The Bertz CT molecular complexity index is 466. The van der Waals surface area contributed by atoms with E-state index in [0.29, 0.717) is 5.56 Å². The maximum atomic E-state index is 14.3. The first-order valence-corrected chi connectivity index (χ1v) is 7.96. The smallest absolute Gasteiger partial charge is 0.130 e. The summed E-state index contributed by atoms with van der Waals surface area (Å²) in [4.78, 5) is 2.48. The lowest BCUT2D eigenvalue weighted by atomic mass is 9.79. The summed E-state index contributed by atoms with van der Waals surface area (Å²) in [6.45, 7) is 6.44. The van der Waals surface area contributed by atoms with Crippen molar-refractivity contribution in [1.82, 2.24) is 10.2 Å². The Morgan fingerprint density at radius 3 is 2.29 bits per heavy atom. The van der Waals surface area contributed by atoms with Crippen molar-refractivity contribution in [1.29, 1.82) is 0 Å². The molecule has 0 aliphatic carbocycles. The Morgan fingerprint density at radius 2 is 1.81 bits per heavy atom. The Kier molecular flexibility index (Phi) is 5.33. The number of likely N-dealkylation sites (tertiary alicyclic amines) is 1. The molecule has 1 fully saturated rings. The van der Waals surface area contributed by atoms with Crippen molar-refractivity contribution >= 4 is 0 Å². The highest BCUT2D eigenvalue weighted by Crippen LogP contribution is 2.40. The summed E-state index contributed by atoms with van der Waals surface area (Å²) in [6.07, 6.45) is 4.27. The number of benzene rings is 1. The van der Waals surface area contributed by atoms with Crippen LogP contribution < -0.4 is 5.32 Å². The van der Waals surface area contributed by atoms with E-state index in [1.54, 1.807) is 6.07 Å². The Balaban J connectivity index is 2.44. The molecule has 1 atom stereocenters. The van der Waals surface area contributed by atoms with E-state index in [2.05, 4.69) is 24.1 Å². The first kappa shape index (κ1) is 16.4. The lowest BCUT2D eigenvalue weighted by molar-refractivity contribution is 0.0633. The van der Waals surface area contributed by atoms with Gasteiger partial charge >= 0.3 is 0 Å². The molecule has 4 heteroatoms. The third-order valence-electron chi connectivity index (χ3n) is 5.06. The van der Waals surface area contributed by atoms with Crippen LogP contribution in [-0.2, 0) is 0 Å². The van der Waals surface area contributed by atoms with Crippen LogP contribution in [0.3, 0.4) is 0 Å². The zero-order valence-corrected chi connectivity index (χ0v) is 13.3. The van der Waals surface area contributed by atoms with Gasteiger partial charge < -0.3 is 5.32 Å². The molecule has 1 aromatic carbocycles. The maximum absolute atomic E-state index is 14.3. The Hall–Kier alpha value is -1.00. The summed E-state index contributed by atoms with van der Waals surface area (Å²) < 4.78 is 27.5. The van der Waals surface area contributed by atoms with Crippen molar-refractivity contribution < 1.29 is 8.78 Å². The van der Waals surface area contributed by atoms with E-state index >= 15 is 0 Å². The summed E-state index contributed by atoms with van der Waals surface area (Å²) in [6, 6.07) is 3.79. The first-order chi connectivity index (χ1) is 10.1. The molecule has 1 aliphatic heterocycles. The van der Waals surface area contributed by atoms with Gasteiger partial charge in [-0.05, 0) is 51.9 Å². The standard InChI is InChI=1S/C17H26F2N2/c1-4-17(5-2,21-10-6-7-11-21)16(20-3)14-9-8-13(18)12-15(14)19/h8-9,12,16,20H,4-7,10-11H2,1-3H3. The van der Waals surface area contributed by atoms with E-state index in [1.807, 2.05) is 7.05 Å². The van der Waals surface area contributed by atoms with Gasteiger partial charge in [-0.1, -0.05) is 19.9 Å². The van der Waals surface area contributed by atoms with Gasteiger partial charge in [-0.2, -0.15) is 0 Å². The van der Waals surface area contributed by atoms with Crippen LogP contribution in [0.2, 0.25) is 0 Å². The topological polar surface area (TPSA) is 15.3 Å². The van der Waals surface area contributed by atoms with E-state index in [1.165, 1.54) is 18.9 Å². The van der Waals surface area contributed by atoms with Gasteiger partial charge in [0.15, 0.2) is 0 Å². The van der Waals surface area contributed by atoms with Crippen LogP contribution in [0.5, 0.6) is 0 Å². The summed E-state index contributed by atoms with van der Waals surface area (Å²) >= 11 is 0. The molecule has 1 aliphatic rings. The van der Waals surface area contributed by atoms with Crippen LogP contribution in [0.4, 0.5) is 8.78 Å². The molecule has 1 unspecified atom stereocenters. The number of halogens is 2. The van der Waals surface area contributed by atoms with Crippen LogP contribution in [-0.4, -0.2) is 30.6 Å². The van der Waals surface area contributed by atoms with Crippen molar-refractivity contribution in [3.05, 3.63) is 35.4 Å². The minimum absolute atomic E-state index is 0.121. The fourth-order valence-corrected chi connectivity index (χ4v) is 3.90. The number of likely N-dealkylation sites (N-methyl/N-ethyl adjacent to an activating group) is 1. The second-order valence-electron chi connectivity index (χ2n) is 5.89. The molecule has 0 aromatic heterocycles. The molecule has 2 nitrogen and oxygen atoms in total. The highest BCUT2D eigenvalue weighted by Gasteiger charge is 2.43. The average Bonchev–Trinajstić information content (AvgIpc) is 3.01. The SMILES string of the molecule is CCC(CC)(C(NC)c1ccc(F)cc1F)N1CCCC1. The molecule has 0 amide bonds. The summed E-state index contributed by atoms with van der Waals surface area (Å²) in [7, 11) is 1.86. The Morgan fingerprint density at radius 1 is 1.19 bits per heavy atom. The molecule has 0 bridgehead atoms. The predicted molar refractivity (Wildman–Crippen MR) is 82.3 cm³/mol. The summed E-state index contributed by atoms with van der Waals surface area (Å²) in [5.41, 5.74) is 0.443. The largest absolute Gasteiger partial charge is 0.311 e. The first-order valence-electron chi connectivity index (χ1n) is 7.96. The molecule has 2 rings (SSSR count). The molecule has 118 valence electrons. The highest BCUT2D eigenvalue weighted by molar-refractivity contribution is 5.26. The summed E-state index contributed by atoms with van der Waals surface area (Å²) in [5, 5.41) is 3.29.